The highest BCUT2D eigenvalue weighted by Crippen LogP contribution is 2.14. The summed E-state index contributed by atoms with van der Waals surface area (Å²) in [6, 6.07) is 8.74. The van der Waals surface area contributed by atoms with Gasteiger partial charge in [0.05, 0.1) is 26.4 Å². The molecule has 0 aliphatic carbocycles. The van der Waals surface area contributed by atoms with Crippen molar-refractivity contribution in [3.63, 3.8) is 0 Å². The van der Waals surface area contributed by atoms with Crippen molar-refractivity contribution < 1.29 is 14.2 Å². The summed E-state index contributed by atoms with van der Waals surface area (Å²) in [7, 11) is 1.82. The minimum atomic E-state index is 0. The van der Waals surface area contributed by atoms with Gasteiger partial charge in [0.15, 0.2) is 5.96 Å². The molecule has 1 unspecified atom stereocenters. The van der Waals surface area contributed by atoms with Crippen LogP contribution in [0.1, 0.15) is 19.4 Å². The van der Waals surface area contributed by atoms with Crippen LogP contribution in [-0.2, 0) is 16.0 Å². The highest BCUT2D eigenvalue weighted by molar-refractivity contribution is 14.0. The monoisotopic (exact) mass is 575 g/mol. The van der Waals surface area contributed by atoms with Gasteiger partial charge < -0.3 is 24.8 Å². The number of rotatable bonds is 10. The molecule has 2 saturated heterocycles. The van der Waals surface area contributed by atoms with Gasteiger partial charge in [-0.05, 0) is 23.6 Å². The third-order valence-electron chi connectivity index (χ3n) is 6.12. The molecule has 188 valence electrons. The normalized spacial score (nSPS) is 19.1. The molecule has 1 atom stereocenters. The number of ether oxygens (including phenoxy) is 3. The average Bonchev–Trinajstić information content (AvgIpc) is 2.82. The largest absolute Gasteiger partial charge is 0.492 e. The summed E-state index contributed by atoms with van der Waals surface area (Å²) in [4.78, 5) is 9.31. The maximum absolute atomic E-state index is 5.98. The van der Waals surface area contributed by atoms with Crippen LogP contribution in [0.4, 0.5) is 0 Å². The summed E-state index contributed by atoms with van der Waals surface area (Å²) in [6.45, 7) is 15.0. The molecule has 0 aromatic heterocycles. The molecule has 2 heterocycles. The Morgan fingerprint density at radius 3 is 2.42 bits per heavy atom. The van der Waals surface area contributed by atoms with Crippen molar-refractivity contribution in [2.24, 2.45) is 10.9 Å². The molecule has 2 aliphatic heterocycles. The maximum Gasteiger partial charge on any atom is 0.191 e. The lowest BCUT2D eigenvalue weighted by molar-refractivity contribution is 0.00752. The van der Waals surface area contributed by atoms with Gasteiger partial charge in [0.1, 0.15) is 12.4 Å². The molecule has 2 aliphatic rings. The number of guanidine groups is 1. The Hall–Kier alpha value is -1.14. The fraction of sp³-hybridized carbons (Fsp3) is 0.708. The van der Waals surface area contributed by atoms with Gasteiger partial charge in [-0.25, -0.2) is 0 Å². The van der Waals surface area contributed by atoms with Crippen LogP contribution in [0.25, 0.3) is 0 Å². The SMILES string of the molecule is CN=C(NCc1cccc(OCCN2CCOCC2)c1)NCC(C(C)C)N1CCOCC1.I. The van der Waals surface area contributed by atoms with Crippen molar-refractivity contribution in [1.29, 1.82) is 0 Å². The Morgan fingerprint density at radius 2 is 1.76 bits per heavy atom. The molecule has 33 heavy (non-hydrogen) atoms. The minimum absolute atomic E-state index is 0. The number of benzene rings is 1. The molecule has 1 aromatic rings. The fourth-order valence-electron chi connectivity index (χ4n) is 4.17. The average molecular weight is 576 g/mol. The lowest BCUT2D eigenvalue weighted by atomic mass is 10.0. The molecule has 1 aromatic carbocycles. The van der Waals surface area contributed by atoms with Crippen LogP contribution in [0.2, 0.25) is 0 Å². The van der Waals surface area contributed by atoms with E-state index < -0.39 is 0 Å². The van der Waals surface area contributed by atoms with Gasteiger partial charge in [-0.15, -0.1) is 24.0 Å². The Bertz CT molecular complexity index is 694. The van der Waals surface area contributed by atoms with E-state index in [4.69, 9.17) is 14.2 Å². The highest BCUT2D eigenvalue weighted by Gasteiger charge is 2.23. The molecular formula is C24H42IN5O3. The predicted molar refractivity (Wildman–Crippen MR) is 144 cm³/mol. The third-order valence-corrected chi connectivity index (χ3v) is 6.12. The standard InChI is InChI=1S/C24H41N5O3.HI/c1-20(2)23(29-10-14-31-15-11-29)19-27-24(25-3)26-18-21-5-4-6-22(17-21)32-16-9-28-7-12-30-13-8-28;/h4-6,17,20,23H,7-16,18-19H2,1-3H3,(H2,25,26,27);1H. The summed E-state index contributed by atoms with van der Waals surface area (Å²) in [5.74, 6) is 2.29. The number of nitrogens with one attached hydrogen (secondary N) is 2. The second-order valence-electron chi connectivity index (χ2n) is 8.72. The van der Waals surface area contributed by atoms with Crippen molar-refractivity contribution in [1.82, 2.24) is 20.4 Å². The molecule has 8 nitrogen and oxygen atoms in total. The summed E-state index contributed by atoms with van der Waals surface area (Å²) < 4.78 is 16.9. The first-order chi connectivity index (χ1) is 15.7. The Kier molecular flexibility index (Phi) is 13.4. The van der Waals surface area contributed by atoms with E-state index in [0.717, 1.165) is 77.4 Å². The van der Waals surface area contributed by atoms with Crippen molar-refractivity contribution in [3.05, 3.63) is 29.8 Å². The second kappa shape index (κ2) is 15.7. The van der Waals surface area contributed by atoms with Crippen LogP contribution < -0.4 is 15.4 Å². The summed E-state index contributed by atoms with van der Waals surface area (Å²) in [5.41, 5.74) is 1.17. The summed E-state index contributed by atoms with van der Waals surface area (Å²) in [5, 5.41) is 6.95. The number of halogens is 1. The van der Waals surface area contributed by atoms with Gasteiger partial charge >= 0.3 is 0 Å². The number of aliphatic imine (C=N–C) groups is 1. The number of nitrogens with zero attached hydrogens (tertiary/aromatic N) is 3. The van der Waals surface area contributed by atoms with Crippen molar-refractivity contribution in [3.8, 4) is 5.75 Å². The van der Waals surface area contributed by atoms with Crippen LogP contribution in [0, 0.1) is 5.92 Å². The van der Waals surface area contributed by atoms with Crippen molar-refractivity contribution >= 4 is 29.9 Å². The zero-order chi connectivity index (χ0) is 22.6. The van der Waals surface area contributed by atoms with Gasteiger partial charge in [-0.3, -0.25) is 14.8 Å². The number of hydrogen-bond donors (Lipinski definition) is 2. The smallest absolute Gasteiger partial charge is 0.191 e. The first kappa shape index (κ1) is 28.1. The molecule has 0 spiro atoms. The number of hydrogen-bond acceptors (Lipinski definition) is 6. The fourth-order valence-corrected chi connectivity index (χ4v) is 4.17. The topological polar surface area (TPSA) is 70.6 Å². The predicted octanol–water partition coefficient (Wildman–Crippen LogP) is 2.04. The van der Waals surface area contributed by atoms with Crippen LogP contribution in [0.5, 0.6) is 5.75 Å². The molecule has 9 heteroatoms. The Morgan fingerprint density at radius 1 is 1.06 bits per heavy atom. The van der Waals surface area contributed by atoms with Gasteiger partial charge in [0.25, 0.3) is 0 Å². The maximum atomic E-state index is 5.98. The second-order valence-corrected chi connectivity index (χ2v) is 8.72. The van der Waals surface area contributed by atoms with Crippen LogP contribution >= 0.6 is 24.0 Å². The highest BCUT2D eigenvalue weighted by atomic mass is 127. The van der Waals surface area contributed by atoms with Gasteiger partial charge in [0, 0.05) is 58.9 Å². The van der Waals surface area contributed by atoms with E-state index in [9.17, 15) is 0 Å². The van der Waals surface area contributed by atoms with Crippen molar-refractivity contribution in [2.75, 3.05) is 79.4 Å². The van der Waals surface area contributed by atoms with Gasteiger partial charge in [0.2, 0.25) is 0 Å². The van der Waals surface area contributed by atoms with Crippen molar-refractivity contribution in [2.45, 2.75) is 26.4 Å². The van der Waals surface area contributed by atoms with E-state index in [1.807, 2.05) is 19.2 Å². The zero-order valence-corrected chi connectivity index (χ0v) is 22.8. The molecule has 0 saturated carbocycles. The zero-order valence-electron chi connectivity index (χ0n) is 20.4. The first-order valence-electron chi connectivity index (χ1n) is 11.9. The van der Waals surface area contributed by atoms with Gasteiger partial charge in [-0.1, -0.05) is 26.0 Å². The lowest BCUT2D eigenvalue weighted by Crippen LogP contribution is -2.52. The van der Waals surface area contributed by atoms with E-state index in [0.29, 0.717) is 25.1 Å². The van der Waals surface area contributed by atoms with E-state index >= 15 is 0 Å². The molecule has 3 rings (SSSR count). The van der Waals surface area contributed by atoms with E-state index in [1.165, 1.54) is 5.56 Å². The third kappa shape index (κ3) is 9.94. The molecule has 2 fully saturated rings. The quantitative estimate of drug-likeness (QED) is 0.252. The van der Waals surface area contributed by atoms with E-state index in [1.54, 1.807) is 0 Å². The molecular weight excluding hydrogens is 533 g/mol. The number of morpholine rings is 2. The van der Waals surface area contributed by atoms with E-state index in [2.05, 4.69) is 51.4 Å². The van der Waals surface area contributed by atoms with Gasteiger partial charge in [-0.2, -0.15) is 0 Å². The Balaban J connectivity index is 0.00000385. The van der Waals surface area contributed by atoms with Crippen LogP contribution in [0.3, 0.4) is 0 Å². The lowest BCUT2D eigenvalue weighted by Gasteiger charge is -2.37. The van der Waals surface area contributed by atoms with E-state index in [-0.39, 0.29) is 24.0 Å². The van der Waals surface area contributed by atoms with Crippen LogP contribution in [-0.4, -0.2) is 101 Å². The summed E-state index contributed by atoms with van der Waals surface area (Å²) >= 11 is 0. The molecule has 0 radical (unpaired) electrons. The summed E-state index contributed by atoms with van der Waals surface area (Å²) in [6.07, 6.45) is 0. The Labute approximate surface area is 216 Å². The van der Waals surface area contributed by atoms with Crippen LogP contribution in [0.15, 0.2) is 29.3 Å². The molecule has 0 bridgehead atoms. The molecule has 0 amide bonds. The molecule has 2 N–H and O–H groups in total. The first-order valence-corrected chi connectivity index (χ1v) is 11.9. The minimum Gasteiger partial charge on any atom is -0.492 e.